The predicted molar refractivity (Wildman–Crippen MR) is 126 cm³/mol. The van der Waals surface area contributed by atoms with E-state index < -0.39 is 47.9 Å². The Balaban J connectivity index is 3.31. The highest BCUT2D eigenvalue weighted by atomic mass is 16.6. The molecular formula is C22H36N6O7. The van der Waals surface area contributed by atoms with Gasteiger partial charge in [0.25, 0.3) is 0 Å². The van der Waals surface area contributed by atoms with Crippen LogP contribution in [0.3, 0.4) is 0 Å². The first-order valence-electron chi connectivity index (χ1n) is 11.0. The number of hydrogen-bond donors (Lipinski definition) is 3. The van der Waals surface area contributed by atoms with Crippen molar-refractivity contribution in [1.29, 1.82) is 0 Å². The number of ether oxygens (including phenoxy) is 3. The number of nitrogens with one attached hydrogen (secondary N) is 1. The van der Waals surface area contributed by atoms with Gasteiger partial charge in [-0.05, 0) is 55.4 Å². The Hall–Kier alpha value is -3.64. The van der Waals surface area contributed by atoms with Crippen LogP contribution in [0.15, 0.2) is 0 Å². The summed E-state index contributed by atoms with van der Waals surface area (Å²) in [4.78, 5) is 58.9. The lowest BCUT2D eigenvalue weighted by Crippen LogP contribution is -2.53. The smallest absolute Gasteiger partial charge is 0.410 e. The maximum absolute atomic E-state index is 12.9. The molecule has 0 spiro atoms. The molecule has 13 heteroatoms. The Morgan fingerprint density at radius 2 is 1.60 bits per heavy atom. The first-order chi connectivity index (χ1) is 15.9. The second-order valence-corrected chi connectivity index (χ2v) is 9.68. The van der Waals surface area contributed by atoms with Crippen molar-refractivity contribution in [3.8, 4) is 0 Å². The third kappa shape index (κ3) is 10.0. The van der Waals surface area contributed by atoms with E-state index >= 15 is 0 Å². The van der Waals surface area contributed by atoms with Gasteiger partial charge in [0, 0.05) is 5.56 Å². The molecule has 1 aromatic heterocycles. The lowest BCUT2D eigenvalue weighted by molar-refractivity contribution is -0.120. The zero-order chi connectivity index (χ0) is 27.1. The van der Waals surface area contributed by atoms with Gasteiger partial charge in [0.05, 0.1) is 19.7 Å². The minimum atomic E-state index is -1.33. The third-order valence-electron chi connectivity index (χ3n) is 4.12. The molecule has 0 aliphatic heterocycles. The van der Waals surface area contributed by atoms with Crippen molar-refractivity contribution in [1.82, 2.24) is 20.2 Å². The lowest BCUT2D eigenvalue weighted by Gasteiger charge is -2.30. The molecule has 35 heavy (non-hydrogen) atoms. The highest BCUT2D eigenvalue weighted by molar-refractivity contribution is 5.90. The Kier molecular flexibility index (Phi) is 9.80. The number of aromatic nitrogens is 2. The van der Waals surface area contributed by atoms with Crippen molar-refractivity contribution in [2.24, 2.45) is 5.73 Å². The first kappa shape index (κ1) is 29.4. The van der Waals surface area contributed by atoms with E-state index in [4.69, 9.17) is 25.7 Å². The van der Waals surface area contributed by atoms with Crippen molar-refractivity contribution in [3.63, 3.8) is 0 Å². The largest absolute Gasteiger partial charge is 0.461 e. The molecule has 0 aromatic carbocycles. The summed E-state index contributed by atoms with van der Waals surface area (Å²) in [5.41, 5.74) is 9.96. The average Bonchev–Trinajstić information content (AvgIpc) is 2.66. The Morgan fingerprint density at radius 3 is 2.09 bits per heavy atom. The number of nitrogens with zero attached hydrogens (tertiary/aromatic N) is 3. The summed E-state index contributed by atoms with van der Waals surface area (Å²) >= 11 is 0. The Bertz CT molecular complexity index is 953. The summed E-state index contributed by atoms with van der Waals surface area (Å²) in [5, 5.41) is 2.35. The molecule has 0 saturated heterocycles. The van der Waals surface area contributed by atoms with Gasteiger partial charge in [0.2, 0.25) is 5.91 Å². The van der Waals surface area contributed by atoms with Crippen molar-refractivity contribution in [3.05, 3.63) is 17.1 Å². The summed E-state index contributed by atoms with van der Waals surface area (Å²) in [6.45, 7) is 12.6. The molecule has 0 aliphatic carbocycles. The molecule has 0 fully saturated rings. The first-order valence-corrected chi connectivity index (χ1v) is 11.0. The quantitative estimate of drug-likeness (QED) is 0.352. The molecule has 0 saturated carbocycles. The van der Waals surface area contributed by atoms with E-state index in [9.17, 15) is 19.2 Å². The van der Waals surface area contributed by atoms with E-state index in [0.717, 1.165) is 4.90 Å². The second-order valence-electron chi connectivity index (χ2n) is 9.68. The molecule has 0 unspecified atom stereocenters. The van der Waals surface area contributed by atoms with Crippen molar-refractivity contribution >= 4 is 29.9 Å². The molecule has 0 aliphatic rings. The maximum atomic E-state index is 12.9. The van der Waals surface area contributed by atoms with Crippen LogP contribution in [0.4, 0.5) is 15.4 Å². The third-order valence-corrected chi connectivity index (χ3v) is 4.12. The van der Waals surface area contributed by atoms with Crippen molar-refractivity contribution < 1.29 is 33.4 Å². The number of amides is 3. The van der Waals surface area contributed by atoms with Gasteiger partial charge in [-0.1, -0.05) is 0 Å². The van der Waals surface area contributed by atoms with Crippen LogP contribution in [-0.2, 0) is 25.5 Å². The molecule has 1 aromatic rings. The monoisotopic (exact) mass is 496 g/mol. The summed E-state index contributed by atoms with van der Waals surface area (Å²) in [6.07, 6.45) is -1.74. The van der Waals surface area contributed by atoms with Crippen LogP contribution in [0.1, 0.15) is 70.3 Å². The van der Waals surface area contributed by atoms with Crippen LogP contribution in [0.25, 0.3) is 0 Å². The predicted octanol–water partition coefficient (Wildman–Crippen LogP) is 1.66. The number of primary amides is 1. The summed E-state index contributed by atoms with van der Waals surface area (Å²) in [6, 6.07) is -1.33. The highest BCUT2D eigenvalue weighted by Crippen LogP contribution is 2.17. The molecule has 3 amide bonds. The van der Waals surface area contributed by atoms with E-state index in [1.807, 2.05) is 0 Å². The van der Waals surface area contributed by atoms with Crippen molar-refractivity contribution in [2.75, 3.05) is 18.9 Å². The number of carbonyl (C=O) groups excluding carboxylic acids is 4. The maximum Gasteiger partial charge on any atom is 0.410 e. The number of anilines is 1. The topological polar surface area (TPSA) is 189 Å². The number of nitrogen functional groups attached to an aromatic ring is 1. The fourth-order valence-corrected chi connectivity index (χ4v) is 2.63. The van der Waals surface area contributed by atoms with Crippen LogP contribution >= 0.6 is 0 Å². The van der Waals surface area contributed by atoms with E-state index in [2.05, 4.69) is 15.3 Å². The van der Waals surface area contributed by atoms with Crippen LogP contribution in [0.5, 0.6) is 0 Å². The van der Waals surface area contributed by atoms with Gasteiger partial charge in [-0.15, -0.1) is 0 Å². The fraction of sp³-hybridized carbons (Fsp3) is 0.636. The normalized spacial score (nSPS) is 12.3. The molecular weight excluding hydrogens is 460 g/mol. The van der Waals surface area contributed by atoms with Gasteiger partial charge in [-0.25, -0.2) is 24.4 Å². The van der Waals surface area contributed by atoms with E-state index in [-0.39, 0.29) is 30.5 Å². The van der Waals surface area contributed by atoms with Gasteiger partial charge >= 0.3 is 18.2 Å². The number of rotatable bonds is 8. The van der Waals surface area contributed by atoms with Gasteiger partial charge in [0.1, 0.15) is 23.1 Å². The van der Waals surface area contributed by atoms with Gasteiger partial charge in [-0.2, -0.15) is 0 Å². The van der Waals surface area contributed by atoms with Crippen LogP contribution in [-0.4, -0.2) is 69.3 Å². The molecule has 1 atom stereocenters. The summed E-state index contributed by atoms with van der Waals surface area (Å²) in [5.74, 6) is -1.62. The molecule has 0 radical (unpaired) electrons. The number of alkyl carbamates (subject to hydrolysis) is 1. The SMILES string of the molecule is CCOC(=O)c1nc(CN(C[C@H](NC(=O)OC(C)(C)C)C(N)=O)C(=O)OC(C)(C)C)nc(N)c1C. The zero-order valence-corrected chi connectivity index (χ0v) is 21.6. The van der Waals surface area contributed by atoms with E-state index in [0.29, 0.717) is 5.56 Å². The van der Waals surface area contributed by atoms with Gasteiger partial charge in [-0.3, -0.25) is 9.69 Å². The fourth-order valence-electron chi connectivity index (χ4n) is 2.63. The molecule has 1 heterocycles. The van der Waals surface area contributed by atoms with Crippen molar-refractivity contribution in [2.45, 2.75) is 79.2 Å². The number of carbonyl (C=O) groups is 4. The summed E-state index contributed by atoms with van der Waals surface area (Å²) < 4.78 is 15.6. The summed E-state index contributed by atoms with van der Waals surface area (Å²) in [7, 11) is 0. The molecule has 5 N–H and O–H groups in total. The van der Waals surface area contributed by atoms with E-state index in [1.54, 1.807) is 55.4 Å². The minimum Gasteiger partial charge on any atom is -0.461 e. The van der Waals surface area contributed by atoms with Gasteiger partial charge < -0.3 is 31.0 Å². The Morgan fingerprint density at radius 1 is 1.03 bits per heavy atom. The second kappa shape index (κ2) is 11.7. The highest BCUT2D eigenvalue weighted by Gasteiger charge is 2.30. The van der Waals surface area contributed by atoms with E-state index in [1.165, 1.54) is 0 Å². The number of esters is 1. The van der Waals surface area contributed by atoms with Crippen LogP contribution < -0.4 is 16.8 Å². The van der Waals surface area contributed by atoms with Crippen LogP contribution in [0.2, 0.25) is 0 Å². The average molecular weight is 497 g/mol. The molecule has 1 rings (SSSR count). The van der Waals surface area contributed by atoms with Crippen LogP contribution in [0, 0.1) is 6.92 Å². The molecule has 0 bridgehead atoms. The standard InChI is InChI=1S/C22H36N6O7/c1-9-33-18(30)15-12(2)16(23)27-14(26-15)11-28(20(32)35-22(6,7)8)10-13(17(24)29)25-19(31)34-21(3,4)5/h13H,9-11H2,1-8H3,(H2,24,29)(H,25,31)(H2,23,26,27)/t13-/m0/s1. The lowest BCUT2D eigenvalue weighted by atomic mass is 10.2. The van der Waals surface area contributed by atoms with Gasteiger partial charge in [0.15, 0.2) is 11.5 Å². The molecule has 13 nitrogen and oxygen atoms in total. The zero-order valence-electron chi connectivity index (χ0n) is 21.6. The molecule has 196 valence electrons. The number of nitrogens with two attached hydrogens (primary N) is 2. The minimum absolute atomic E-state index is 0.0116. The number of hydrogen-bond acceptors (Lipinski definition) is 10. The Labute approximate surface area is 204 Å².